The van der Waals surface area contributed by atoms with Crippen molar-refractivity contribution >= 4 is 17.3 Å². The van der Waals surface area contributed by atoms with Gasteiger partial charge in [0.25, 0.3) is 0 Å². The number of thiophene rings is 1. The van der Waals surface area contributed by atoms with Crippen molar-refractivity contribution in [1.29, 1.82) is 0 Å². The molecule has 0 spiro atoms. The summed E-state index contributed by atoms with van der Waals surface area (Å²) in [6, 6.07) is 1.80. The topological polar surface area (TPSA) is 69.5 Å². The van der Waals surface area contributed by atoms with Gasteiger partial charge >= 0.3 is 0 Å². The van der Waals surface area contributed by atoms with E-state index >= 15 is 0 Å². The average molecular weight is 295 g/mol. The molecule has 20 heavy (non-hydrogen) atoms. The Hall–Kier alpha value is -1.57. The number of β-amino-alcohol motifs (C(OH)–C–C–N with tert-alkyl or cyclic N) is 1. The lowest BCUT2D eigenvalue weighted by Crippen LogP contribution is -2.23. The summed E-state index contributed by atoms with van der Waals surface area (Å²) in [6.07, 6.45) is 0.534. The molecule has 0 saturated carbocycles. The van der Waals surface area contributed by atoms with E-state index in [1.165, 1.54) is 11.3 Å². The van der Waals surface area contributed by atoms with Crippen molar-refractivity contribution in [3.8, 4) is 11.3 Å². The van der Waals surface area contributed by atoms with Crippen molar-refractivity contribution in [3.05, 3.63) is 28.8 Å². The van der Waals surface area contributed by atoms with Gasteiger partial charge in [-0.3, -0.25) is 0 Å². The number of aromatic nitrogens is 2. The van der Waals surface area contributed by atoms with Gasteiger partial charge in [-0.2, -0.15) is 11.3 Å². The predicted octanol–water partition coefficient (Wildman–Crippen LogP) is 1.13. The van der Waals surface area contributed by atoms with Gasteiger partial charge in [0.1, 0.15) is 5.69 Å². The summed E-state index contributed by atoms with van der Waals surface area (Å²) >= 11 is 1.47. The molecule has 106 valence electrons. The van der Waals surface area contributed by atoms with Crippen molar-refractivity contribution in [2.24, 2.45) is 5.92 Å². The second kappa shape index (κ2) is 5.43. The smallest absolute Gasteiger partial charge is 0.226 e. The summed E-state index contributed by atoms with van der Waals surface area (Å²) in [6.45, 7) is 0.725. The van der Waals surface area contributed by atoms with Crippen LogP contribution < -0.4 is 4.90 Å². The Labute approximate surface area is 119 Å². The van der Waals surface area contributed by atoms with Crippen LogP contribution in [0.25, 0.3) is 11.3 Å². The molecule has 0 aliphatic carbocycles. The summed E-state index contributed by atoms with van der Waals surface area (Å²) in [7, 11) is 0. The molecule has 2 N–H and O–H groups in total. The lowest BCUT2D eigenvalue weighted by molar-refractivity contribution is 0.104. The van der Waals surface area contributed by atoms with Crippen LogP contribution in [0.3, 0.4) is 0 Å². The van der Waals surface area contributed by atoms with E-state index in [-0.39, 0.29) is 18.2 Å². The van der Waals surface area contributed by atoms with Gasteiger partial charge in [-0.15, -0.1) is 0 Å². The first-order valence-corrected chi connectivity index (χ1v) is 7.22. The first-order chi connectivity index (χ1) is 9.69. The van der Waals surface area contributed by atoms with Gasteiger partial charge in [0.2, 0.25) is 5.95 Å². The molecular formula is C13H14FN3O2S. The number of hydrogen-bond acceptors (Lipinski definition) is 6. The van der Waals surface area contributed by atoms with E-state index < -0.39 is 11.9 Å². The highest BCUT2D eigenvalue weighted by Crippen LogP contribution is 2.26. The fourth-order valence-corrected chi connectivity index (χ4v) is 2.95. The van der Waals surface area contributed by atoms with Crippen molar-refractivity contribution in [2.75, 3.05) is 24.6 Å². The number of aliphatic hydroxyl groups excluding tert-OH is 2. The van der Waals surface area contributed by atoms with Crippen LogP contribution in [0, 0.1) is 11.7 Å². The third kappa shape index (κ3) is 2.39. The molecule has 0 bridgehead atoms. The largest absolute Gasteiger partial charge is 0.396 e. The summed E-state index contributed by atoms with van der Waals surface area (Å²) in [5.74, 6) is -0.304. The SMILES string of the molecule is OC[C@H]1CN(c2ncc(F)c(-c3ccsc3)n2)C[C@@H]1O. The van der Waals surface area contributed by atoms with E-state index in [0.717, 1.165) is 11.8 Å². The zero-order chi connectivity index (χ0) is 14.1. The highest BCUT2D eigenvalue weighted by Gasteiger charge is 2.32. The minimum Gasteiger partial charge on any atom is -0.396 e. The van der Waals surface area contributed by atoms with Gasteiger partial charge in [-0.1, -0.05) is 0 Å². The van der Waals surface area contributed by atoms with Gasteiger partial charge in [0.05, 0.1) is 18.9 Å². The highest BCUT2D eigenvalue weighted by molar-refractivity contribution is 7.08. The zero-order valence-corrected chi connectivity index (χ0v) is 11.4. The maximum Gasteiger partial charge on any atom is 0.226 e. The number of aliphatic hydroxyl groups is 2. The van der Waals surface area contributed by atoms with Crippen molar-refractivity contribution < 1.29 is 14.6 Å². The quantitative estimate of drug-likeness (QED) is 0.888. The first kappa shape index (κ1) is 13.4. The molecule has 3 heterocycles. The molecule has 3 rings (SSSR count). The number of halogens is 1. The molecule has 0 radical (unpaired) electrons. The normalized spacial score (nSPS) is 22.4. The fourth-order valence-electron chi connectivity index (χ4n) is 2.31. The molecule has 1 saturated heterocycles. The number of rotatable bonds is 3. The molecule has 1 fully saturated rings. The van der Waals surface area contributed by atoms with E-state index in [2.05, 4.69) is 9.97 Å². The van der Waals surface area contributed by atoms with Gasteiger partial charge < -0.3 is 15.1 Å². The van der Waals surface area contributed by atoms with Crippen LogP contribution in [0.5, 0.6) is 0 Å². The Morgan fingerprint density at radius 1 is 1.45 bits per heavy atom. The van der Waals surface area contributed by atoms with E-state index in [0.29, 0.717) is 19.0 Å². The molecule has 0 amide bonds. The summed E-state index contributed by atoms with van der Waals surface area (Å²) in [5, 5.41) is 22.6. The predicted molar refractivity (Wildman–Crippen MR) is 74.1 cm³/mol. The monoisotopic (exact) mass is 295 g/mol. The highest BCUT2D eigenvalue weighted by atomic mass is 32.1. The van der Waals surface area contributed by atoms with Crippen LogP contribution in [-0.2, 0) is 0 Å². The second-order valence-corrected chi connectivity index (χ2v) is 5.57. The van der Waals surface area contributed by atoms with Crippen molar-refractivity contribution in [3.63, 3.8) is 0 Å². The van der Waals surface area contributed by atoms with Gasteiger partial charge in [0, 0.05) is 30.0 Å². The summed E-state index contributed by atoms with van der Waals surface area (Å²) < 4.78 is 13.8. The number of anilines is 1. The van der Waals surface area contributed by atoms with Gasteiger partial charge in [-0.05, 0) is 11.4 Å². The molecule has 2 aromatic rings. The molecule has 5 nitrogen and oxygen atoms in total. The summed E-state index contributed by atoms with van der Waals surface area (Å²) in [4.78, 5) is 10.0. The molecule has 7 heteroatoms. The first-order valence-electron chi connectivity index (χ1n) is 6.28. The third-order valence-electron chi connectivity index (χ3n) is 3.45. The molecular weight excluding hydrogens is 281 g/mol. The van der Waals surface area contributed by atoms with E-state index in [1.807, 2.05) is 10.8 Å². The maximum absolute atomic E-state index is 13.8. The van der Waals surface area contributed by atoms with Crippen LogP contribution >= 0.6 is 11.3 Å². The van der Waals surface area contributed by atoms with E-state index in [9.17, 15) is 9.50 Å². The fraction of sp³-hybridized carbons (Fsp3) is 0.385. The molecule has 0 unspecified atom stereocenters. The Morgan fingerprint density at radius 2 is 2.30 bits per heavy atom. The van der Waals surface area contributed by atoms with E-state index in [4.69, 9.17) is 5.11 Å². The van der Waals surface area contributed by atoms with Crippen LogP contribution in [0.15, 0.2) is 23.0 Å². The minimum absolute atomic E-state index is 0.0871. The van der Waals surface area contributed by atoms with E-state index in [1.54, 1.807) is 11.0 Å². The molecule has 2 atom stereocenters. The Bertz CT molecular complexity index is 593. The maximum atomic E-state index is 13.8. The average Bonchev–Trinajstić information content (AvgIpc) is 3.08. The second-order valence-electron chi connectivity index (χ2n) is 4.79. The molecule has 0 aromatic carbocycles. The lowest BCUT2D eigenvalue weighted by Gasteiger charge is -2.16. The van der Waals surface area contributed by atoms with Crippen LogP contribution in [-0.4, -0.2) is 46.0 Å². The summed E-state index contributed by atoms with van der Waals surface area (Å²) in [5.41, 5.74) is 0.979. The standard InChI is InChI=1S/C13H14FN3O2S/c14-10-3-15-13(16-12(10)8-1-2-20-7-8)17-4-9(6-18)11(19)5-17/h1-3,7,9,11,18-19H,4-6H2/t9-,11+/m1/s1. The third-order valence-corrected chi connectivity index (χ3v) is 4.13. The Kier molecular flexibility index (Phi) is 3.64. The Morgan fingerprint density at radius 3 is 2.95 bits per heavy atom. The van der Waals surface area contributed by atoms with Crippen LogP contribution in [0.2, 0.25) is 0 Å². The van der Waals surface area contributed by atoms with Crippen LogP contribution in [0.1, 0.15) is 0 Å². The molecule has 1 aliphatic rings. The van der Waals surface area contributed by atoms with Gasteiger partial charge in [0.15, 0.2) is 5.82 Å². The van der Waals surface area contributed by atoms with Crippen LogP contribution in [0.4, 0.5) is 10.3 Å². The minimum atomic E-state index is -0.613. The van der Waals surface area contributed by atoms with Crippen molar-refractivity contribution in [1.82, 2.24) is 9.97 Å². The Balaban J connectivity index is 1.90. The number of nitrogens with zero attached hydrogens (tertiary/aromatic N) is 3. The molecule has 1 aliphatic heterocycles. The van der Waals surface area contributed by atoms with Crippen molar-refractivity contribution in [2.45, 2.75) is 6.10 Å². The zero-order valence-electron chi connectivity index (χ0n) is 10.6. The number of hydrogen-bond donors (Lipinski definition) is 2. The van der Waals surface area contributed by atoms with Gasteiger partial charge in [-0.25, -0.2) is 14.4 Å². The lowest BCUT2D eigenvalue weighted by atomic mass is 10.1. The molecule has 2 aromatic heterocycles.